The van der Waals surface area contributed by atoms with E-state index in [4.69, 9.17) is 25.8 Å². The predicted molar refractivity (Wildman–Crippen MR) is 158 cm³/mol. The van der Waals surface area contributed by atoms with Gasteiger partial charge in [-0.1, -0.05) is 72.3 Å². The number of halogens is 1. The lowest BCUT2D eigenvalue weighted by atomic mass is 10.1. The quantitative estimate of drug-likeness (QED) is 0.0894. The van der Waals surface area contributed by atoms with Gasteiger partial charge in [0.15, 0.2) is 18.1 Å². The molecule has 0 fully saturated rings. The monoisotopic (exact) mass is 570 g/mol. The Hall–Kier alpha value is -4.66. The third-order valence-electron chi connectivity index (χ3n) is 5.84. The van der Waals surface area contributed by atoms with E-state index in [0.29, 0.717) is 27.0 Å². The highest BCUT2D eigenvalue weighted by atomic mass is 35.5. The van der Waals surface area contributed by atoms with Crippen molar-refractivity contribution in [2.24, 2.45) is 5.10 Å². The Kier molecular flexibility index (Phi) is 8.39. The molecule has 9 heteroatoms. The average molecular weight is 571 g/mol. The second kappa shape index (κ2) is 12.5. The molecule has 7 nitrogen and oxygen atoms in total. The number of hydrogen-bond acceptors (Lipinski definition) is 7. The molecule has 1 heterocycles. The van der Waals surface area contributed by atoms with E-state index in [1.165, 1.54) is 24.7 Å². The molecule has 0 radical (unpaired) electrons. The summed E-state index contributed by atoms with van der Waals surface area (Å²) in [4.78, 5) is 25.3. The van der Waals surface area contributed by atoms with Crippen LogP contribution >= 0.6 is 22.9 Å². The number of amides is 1. The van der Waals surface area contributed by atoms with E-state index in [1.54, 1.807) is 18.2 Å². The molecule has 0 saturated heterocycles. The zero-order valence-electron chi connectivity index (χ0n) is 21.3. The number of thiophene rings is 1. The molecule has 1 amide bonds. The second-order valence-electron chi connectivity index (χ2n) is 8.51. The van der Waals surface area contributed by atoms with Gasteiger partial charge in [0.1, 0.15) is 10.6 Å². The van der Waals surface area contributed by atoms with Gasteiger partial charge >= 0.3 is 5.97 Å². The van der Waals surface area contributed by atoms with Gasteiger partial charge in [-0.3, -0.25) is 4.79 Å². The summed E-state index contributed by atoms with van der Waals surface area (Å²) in [7, 11) is 1.46. The number of ether oxygens (including phenoxy) is 3. The number of hydrazone groups is 1. The number of esters is 1. The van der Waals surface area contributed by atoms with Crippen LogP contribution in [-0.4, -0.2) is 31.8 Å². The van der Waals surface area contributed by atoms with Crippen molar-refractivity contribution in [2.75, 3.05) is 13.7 Å². The van der Waals surface area contributed by atoms with E-state index < -0.39 is 11.9 Å². The van der Waals surface area contributed by atoms with Gasteiger partial charge in [-0.25, -0.2) is 10.2 Å². The minimum Gasteiger partial charge on any atom is -0.493 e. The highest BCUT2D eigenvalue weighted by Gasteiger charge is 2.20. The molecule has 1 N–H and O–H groups in total. The molecular weight excluding hydrogens is 548 g/mol. The lowest BCUT2D eigenvalue weighted by Crippen LogP contribution is -2.24. The van der Waals surface area contributed by atoms with E-state index in [2.05, 4.69) is 10.5 Å². The molecule has 1 aromatic heterocycles. The number of carbonyl (C=O) groups excluding carboxylic acids is 2. The molecule has 0 spiro atoms. The highest BCUT2D eigenvalue weighted by Crippen LogP contribution is 2.37. The number of nitrogens with zero attached hydrogens (tertiary/aromatic N) is 1. The number of methoxy groups -OCH3 is 1. The molecule has 4 aromatic carbocycles. The molecule has 40 heavy (non-hydrogen) atoms. The first-order valence-electron chi connectivity index (χ1n) is 12.2. The van der Waals surface area contributed by atoms with Gasteiger partial charge in [-0.05, 0) is 53.1 Å². The summed E-state index contributed by atoms with van der Waals surface area (Å²) in [5, 5.41) is 5.13. The van der Waals surface area contributed by atoms with E-state index in [9.17, 15) is 9.59 Å². The Morgan fingerprint density at radius 3 is 2.38 bits per heavy atom. The SMILES string of the molecule is COc1cc(/C=N/NC(=O)COc2ccc(-c3ccccc3)cc2)ccc1OC(=O)c1sc2ccccc2c1Cl. The van der Waals surface area contributed by atoms with Crippen molar-refractivity contribution in [1.82, 2.24) is 5.43 Å². The van der Waals surface area contributed by atoms with E-state index >= 15 is 0 Å². The summed E-state index contributed by atoms with van der Waals surface area (Å²) in [5.41, 5.74) is 5.21. The van der Waals surface area contributed by atoms with Gasteiger partial charge in [0, 0.05) is 10.1 Å². The first-order valence-corrected chi connectivity index (χ1v) is 13.4. The van der Waals surface area contributed by atoms with Gasteiger partial charge in [0.05, 0.1) is 18.3 Å². The van der Waals surface area contributed by atoms with Gasteiger partial charge in [0.2, 0.25) is 0 Å². The Bertz CT molecular complexity index is 1680. The van der Waals surface area contributed by atoms with Crippen LogP contribution in [0.3, 0.4) is 0 Å². The maximum Gasteiger partial charge on any atom is 0.355 e. The van der Waals surface area contributed by atoms with Gasteiger partial charge in [-0.2, -0.15) is 5.10 Å². The summed E-state index contributed by atoms with van der Waals surface area (Å²) in [6.45, 7) is -0.194. The van der Waals surface area contributed by atoms with Crippen LogP contribution in [0.25, 0.3) is 21.2 Å². The predicted octanol–water partition coefficient (Wildman–Crippen LogP) is 6.98. The number of fused-ring (bicyclic) bond motifs is 1. The van der Waals surface area contributed by atoms with Crippen molar-refractivity contribution in [2.45, 2.75) is 0 Å². The van der Waals surface area contributed by atoms with Crippen molar-refractivity contribution < 1.29 is 23.8 Å². The first-order chi connectivity index (χ1) is 19.5. The smallest absolute Gasteiger partial charge is 0.355 e. The van der Waals surface area contributed by atoms with Crippen molar-refractivity contribution >= 4 is 51.1 Å². The van der Waals surface area contributed by atoms with Crippen LogP contribution in [0, 0.1) is 0 Å². The number of rotatable bonds is 9. The molecule has 0 atom stereocenters. The van der Waals surface area contributed by atoms with Gasteiger partial charge < -0.3 is 14.2 Å². The van der Waals surface area contributed by atoms with Crippen LogP contribution in [-0.2, 0) is 4.79 Å². The number of hydrogen-bond donors (Lipinski definition) is 1. The number of carbonyl (C=O) groups is 2. The number of nitrogens with one attached hydrogen (secondary N) is 1. The Morgan fingerprint density at radius 1 is 0.900 bits per heavy atom. The van der Waals surface area contributed by atoms with Crippen molar-refractivity contribution in [3.8, 4) is 28.4 Å². The van der Waals surface area contributed by atoms with Crippen LogP contribution in [0.1, 0.15) is 15.2 Å². The lowest BCUT2D eigenvalue weighted by molar-refractivity contribution is -0.123. The standard InChI is InChI=1S/C31H23ClN2O5S/c1-37-26-17-20(11-16-25(26)39-31(36)30-29(32)24-9-5-6-10-27(24)40-30)18-33-34-28(35)19-38-23-14-12-22(13-15-23)21-7-3-2-4-8-21/h2-18H,19H2,1H3,(H,34,35)/b33-18+. The fourth-order valence-electron chi connectivity index (χ4n) is 3.87. The summed E-state index contributed by atoms with van der Waals surface area (Å²) in [6.07, 6.45) is 1.45. The van der Waals surface area contributed by atoms with Crippen molar-refractivity contribution in [1.29, 1.82) is 0 Å². The van der Waals surface area contributed by atoms with E-state index in [0.717, 1.165) is 21.2 Å². The minimum absolute atomic E-state index is 0.194. The molecular formula is C31H23ClN2O5S. The van der Waals surface area contributed by atoms with Crippen molar-refractivity contribution in [3.63, 3.8) is 0 Å². The van der Waals surface area contributed by atoms with Gasteiger partial charge in [0.25, 0.3) is 5.91 Å². The molecule has 0 bridgehead atoms. The lowest BCUT2D eigenvalue weighted by Gasteiger charge is -2.09. The molecule has 5 aromatic rings. The third kappa shape index (κ3) is 6.31. The maximum atomic E-state index is 12.8. The summed E-state index contributed by atoms with van der Waals surface area (Å²) >= 11 is 7.67. The zero-order chi connectivity index (χ0) is 27.9. The summed E-state index contributed by atoms with van der Waals surface area (Å²) in [5.74, 6) is 0.136. The molecule has 0 saturated carbocycles. The van der Waals surface area contributed by atoms with Crippen molar-refractivity contribution in [3.05, 3.63) is 113 Å². The topological polar surface area (TPSA) is 86.2 Å². The Balaban J connectivity index is 1.15. The van der Waals surface area contributed by atoms with E-state index in [-0.39, 0.29) is 12.4 Å². The van der Waals surface area contributed by atoms with Crippen LogP contribution < -0.4 is 19.6 Å². The fraction of sp³-hybridized carbons (Fsp3) is 0.0645. The summed E-state index contributed by atoms with van der Waals surface area (Å²) in [6, 6.07) is 29.9. The Labute approximate surface area is 239 Å². The zero-order valence-corrected chi connectivity index (χ0v) is 22.9. The minimum atomic E-state index is -0.576. The number of benzene rings is 4. The van der Waals surface area contributed by atoms with Crippen LogP contribution in [0.15, 0.2) is 102 Å². The van der Waals surface area contributed by atoms with E-state index in [1.807, 2.05) is 78.9 Å². The largest absolute Gasteiger partial charge is 0.493 e. The molecule has 0 unspecified atom stereocenters. The maximum absolute atomic E-state index is 12.8. The second-order valence-corrected chi connectivity index (χ2v) is 9.94. The fourth-order valence-corrected chi connectivity index (χ4v) is 5.26. The molecule has 200 valence electrons. The average Bonchev–Trinajstić information content (AvgIpc) is 3.34. The summed E-state index contributed by atoms with van der Waals surface area (Å²) < 4.78 is 17.4. The first kappa shape index (κ1) is 26.9. The molecule has 0 aliphatic rings. The molecule has 5 rings (SSSR count). The van der Waals surface area contributed by atoms with Gasteiger partial charge in [-0.15, -0.1) is 11.3 Å². The van der Waals surface area contributed by atoms with Crippen LogP contribution in [0.5, 0.6) is 17.2 Å². The molecule has 0 aliphatic carbocycles. The van der Waals surface area contributed by atoms with Crippen LogP contribution in [0.4, 0.5) is 0 Å². The highest BCUT2D eigenvalue weighted by molar-refractivity contribution is 7.21. The normalized spacial score (nSPS) is 10.9. The third-order valence-corrected chi connectivity index (χ3v) is 7.50. The van der Waals surface area contributed by atoms with Crippen LogP contribution in [0.2, 0.25) is 5.02 Å². The molecule has 0 aliphatic heterocycles. The Morgan fingerprint density at radius 2 is 1.62 bits per heavy atom.